The number of fused-ring (bicyclic) bond motifs is 1. The van der Waals surface area contributed by atoms with Gasteiger partial charge < -0.3 is 24.3 Å². The lowest BCUT2D eigenvalue weighted by molar-refractivity contribution is -0.138. The summed E-state index contributed by atoms with van der Waals surface area (Å²) in [5, 5.41) is 3.94. The molecule has 4 aromatic rings. The number of nitrogens with one attached hydrogen (secondary N) is 1. The van der Waals surface area contributed by atoms with Crippen molar-refractivity contribution in [2.45, 2.75) is 6.92 Å². The van der Waals surface area contributed by atoms with Gasteiger partial charge in [0.1, 0.15) is 23.9 Å². The molecule has 0 aliphatic heterocycles. The summed E-state index contributed by atoms with van der Waals surface area (Å²) in [4.78, 5) is 24.0. The van der Waals surface area contributed by atoms with Crippen LogP contribution in [0.3, 0.4) is 0 Å². The average Bonchev–Trinajstić information content (AvgIpc) is 2.89. The zero-order valence-corrected chi connectivity index (χ0v) is 19.7. The Balaban J connectivity index is 1.63. The minimum Gasteiger partial charge on any atom is -0.460 e. The number of ether oxygens (including phenoxy) is 4. The second kappa shape index (κ2) is 11.6. The number of amides is 1. The summed E-state index contributed by atoms with van der Waals surface area (Å²) in [6.45, 7) is 5.14. The lowest BCUT2D eigenvalue weighted by Gasteiger charge is -2.17. The molecule has 1 N–H and O–H groups in total. The average molecular weight is 484 g/mol. The smallest absolute Gasteiger partial charge is 0.412 e. The van der Waals surface area contributed by atoms with Gasteiger partial charge in [-0.1, -0.05) is 67.2 Å². The summed E-state index contributed by atoms with van der Waals surface area (Å²) in [5.74, 6) is 1.86. The fourth-order valence-electron chi connectivity index (χ4n) is 3.33. The minimum atomic E-state index is -0.700. The number of hydrogen-bond acceptors (Lipinski definition) is 6. The third kappa shape index (κ3) is 6.21. The van der Waals surface area contributed by atoms with Crippen molar-refractivity contribution in [3.05, 3.63) is 103 Å². The molecule has 7 heteroatoms. The maximum atomic E-state index is 12.5. The molecule has 182 valence electrons. The highest BCUT2D eigenvalue weighted by Crippen LogP contribution is 2.45. The number of carbonyl (C=O) groups is 2. The van der Waals surface area contributed by atoms with Gasteiger partial charge in [0, 0.05) is 22.4 Å². The van der Waals surface area contributed by atoms with Crippen LogP contribution in [-0.4, -0.2) is 25.2 Å². The van der Waals surface area contributed by atoms with Crippen molar-refractivity contribution in [2.75, 3.05) is 13.2 Å². The molecule has 1 amide bonds. The number of para-hydroxylation sites is 2. The highest BCUT2D eigenvalue weighted by Gasteiger charge is 2.19. The number of benzene rings is 4. The third-order valence-electron chi connectivity index (χ3n) is 5.01. The van der Waals surface area contributed by atoms with E-state index >= 15 is 0 Å². The molecule has 0 aromatic heterocycles. The van der Waals surface area contributed by atoms with Gasteiger partial charge in [-0.25, -0.2) is 9.59 Å². The molecule has 0 radical (unpaired) electrons. The Kier molecular flexibility index (Phi) is 7.83. The van der Waals surface area contributed by atoms with E-state index in [9.17, 15) is 9.59 Å². The molecule has 0 unspecified atom stereocenters. The van der Waals surface area contributed by atoms with Crippen LogP contribution < -0.4 is 19.5 Å². The van der Waals surface area contributed by atoms with Gasteiger partial charge in [0.05, 0.1) is 6.54 Å². The van der Waals surface area contributed by atoms with Crippen molar-refractivity contribution >= 4 is 22.8 Å². The van der Waals surface area contributed by atoms with E-state index < -0.39 is 12.1 Å². The van der Waals surface area contributed by atoms with Crippen LogP contribution >= 0.6 is 0 Å². The van der Waals surface area contributed by atoms with Crippen LogP contribution in [0.5, 0.6) is 28.7 Å². The Labute approximate surface area is 208 Å². The number of rotatable bonds is 9. The molecule has 0 aliphatic rings. The summed E-state index contributed by atoms with van der Waals surface area (Å²) >= 11 is 0. The summed E-state index contributed by atoms with van der Waals surface area (Å²) < 4.78 is 23.0. The van der Waals surface area contributed by atoms with Crippen molar-refractivity contribution in [1.82, 2.24) is 5.32 Å². The van der Waals surface area contributed by atoms with Crippen LogP contribution in [0.1, 0.15) is 6.92 Å². The molecule has 0 heterocycles. The molecule has 0 fully saturated rings. The predicted octanol–water partition coefficient (Wildman–Crippen LogP) is 6.63. The molecule has 0 saturated carbocycles. The van der Waals surface area contributed by atoms with Gasteiger partial charge in [-0.05, 0) is 31.2 Å². The highest BCUT2D eigenvalue weighted by atomic mass is 16.6. The molecule has 0 aliphatic carbocycles. The molecule has 0 bridgehead atoms. The SMILES string of the molecule is C=C(C)C(=O)OCCNC(=O)Oc1cc(Oc2ccccc2)c(Oc2ccccc2)c2ccccc12. The lowest BCUT2D eigenvalue weighted by atomic mass is 10.1. The molecule has 7 nitrogen and oxygen atoms in total. The molecule has 4 rings (SSSR count). The van der Waals surface area contributed by atoms with E-state index in [1.165, 1.54) is 0 Å². The fourth-order valence-corrected chi connectivity index (χ4v) is 3.33. The predicted molar refractivity (Wildman–Crippen MR) is 137 cm³/mol. The van der Waals surface area contributed by atoms with Crippen molar-refractivity contribution in [3.8, 4) is 28.7 Å². The van der Waals surface area contributed by atoms with Gasteiger partial charge in [-0.15, -0.1) is 0 Å². The summed E-state index contributed by atoms with van der Waals surface area (Å²) in [7, 11) is 0. The summed E-state index contributed by atoms with van der Waals surface area (Å²) in [6.07, 6.45) is -0.700. The Morgan fingerprint density at radius 1 is 0.778 bits per heavy atom. The Morgan fingerprint density at radius 2 is 1.36 bits per heavy atom. The number of carbonyl (C=O) groups excluding carboxylic acids is 2. The van der Waals surface area contributed by atoms with Gasteiger partial charge in [0.25, 0.3) is 0 Å². The van der Waals surface area contributed by atoms with Crippen LogP contribution in [0, 0.1) is 0 Å². The lowest BCUT2D eigenvalue weighted by Crippen LogP contribution is -2.30. The molecular formula is C29H25NO6. The molecule has 4 aromatic carbocycles. The maximum Gasteiger partial charge on any atom is 0.412 e. The van der Waals surface area contributed by atoms with Crippen LogP contribution in [0.25, 0.3) is 10.8 Å². The van der Waals surface area contributed by atoms with E-state index in [0.717, 1.165) is 0 Å². The third-order valence-corrected chi connectivity index (χ3v) is 5.01. The van der Waals surface area contributed by atoms with E-state index in [-0.39, 0.29) is 24.5 Å². The molecule has 0 spiro atoms. The standard InChI is InChI=1S/C29H25NO6/c1-20(2)28(31)33-18-17-30-29(32)36-25-19-26(34-21-11-5-3-6-12-21)27(24-16-10-9-15-23(24)25)35-22-13-7-4-8-14-22/h3-16,19H,1,17-18H2,2H3,(H,30,32). The Hall–Kier alpha value is -4.78. The zero-order chi connectivity index (χ0) is 25.3. The fraction of sp³-hybridized carbons (Fsp3) is 0.103. The Morgan fingerprint density at radius 3 is 2.00 bits per heavy atom. The zero-order valence-electron chi connectivity index (χ0n) is 19.7. The Bertz CT molecular complexity index is 1370. The van der Waals surface area contributed by atoms with Crippen molar-refractivity contribution in [1.29, 1.82) is 0 Å². The first-order chi connectivity index (χ1) is 17.5. The van der Waals surface area contributed by atoms with Crippen molar-refractivity contribution in [2.24, 2.45) is 0 Å². The van der Waals surface area contributed by atoms with Crippen LogP contribution in [0.2, 0.25) is 0 Å². The van der Waals surface area contributed by atoms with Gasteiger partial charge >= 0.3 is 12.1 Å². The second-order valence-corrected chi connectivity index (χ2v) is 7.81. The molecule has 0 saturated heterocycles. The van der Waals surface area contributed by atoms with Crippen LogP contribution in [0.4, 0.5) is 4.79 Å². The first-order valence-corrected chi connectivity index (χ1v) is 11.3. The first kappa shape index (κ1) is 24.3. The van der Waals surface area contributed by atoms with E-state index in [2.05, 4.69) is 11.9 Å². The first-order valence-electron chi connectivity index (χ1n) is 11.3. The van der Waals surface area contributed by atoms with Gasteiger partial charge in [0.2, 0.25) is 0 Å². The van der Waals surface area contributed by atoms with E-state index in [4.69, 9.17) is 18.9 Å². The van der Waals surface area contributed by atoms with Gasteiger partial charge in [-0.3, -0.25) is 0 Å². The van der Waals surface area contributed by atoms with E-state index in [0.29, 0.717) is 33.8 Å². The number of esters is 1. The van der Waals surface area contributed by atoms with Crippen LogP contribution in [0.15, 0.2) is 103 Å². The van der Waals surface area contributed by atoms with Gasteiger partial charge in [-0.2, -0.15) is 0 Å². The second-order valence-electron chi connectivity index (χ2n) is 7.81. The maximum absolute atomic E-state index is 12.5. The quantitative estimate of drug-likeness (QED) is 0.163. The minimum absolute atomic E-state index is 0.00619. The van der Waals surface area contributed by atoms with E-state index in [1.807, 2.05) is 84.9 Å². The molecule has 0 atom stereocenters. The molecular weight excluding hydrogens is 458 g/mol. The summed E-state index contributed by atoms with van der Waals surface area (Å²) in [6, 6.07) is 27.6. The monoisotopic (exact) mass is 483 g/mol. The largest absolute Gasteiger partial charge is 0.460 e. The van der Waals surface area contributed by atoms with Gasteiger partial charge in [0.15, 0.2) is 11.5 Å². The topological polar surface area (TPSA) is 83.1 Å². The normalized spacial score (nSPS) is 10.4. The number of hydrogen-bond donors (Lipinski definition) is 1. The van der Waals surface area contributed by atoms with E-state index in [1.54, 1.807) is 13.0 Å². The highest BCUT2D eigenvalue weighted by molar-refractivity contribution is 5.97. The molecule has 36 heavy (non-hydrogen) atoms. The summed E-state index contributed by atoms with van der Waals surface area (Å²) in [5.41, 5.74) is 0.285. The van der Waals surface area contributed by atoms with Crippen LogP contribution in [-0.2, 0) is 9.53 Å². The van der Waals surface area contributed by atoms with Crippen molar-refractivity contribution in [3.63, 3.8) is 0 Å². The van der Waals surface area contributed by atoms with Crippen molar-refractivity contribution < 1.29 is 28.5 Å².